The Bertz CT molecular complexity index is 2980. The molecule has 2 fully saturated rings. The Morgan fingerprint density at radius 1 is 0.962 bits per heavy atom. The predicted molar refractivity (Wildman–Crippen MR) is 292 cm³/mol. The number of hydrogen-bond acceptors (Lipinski definition) is 15. The third kappa shape index (κ3) is 13.9. The average molecular weight is 1110 g/mol. The van der Waals surface area contributed by atoms with Gasteiger partial charge >= 0.3 is 0 Å². The van der Waals surface area contributed by atoms with Crippen LogP contribution in [0.4, 0.5) is 14.6 Å². The number of piperidine rings is 1. The highest BCUT2D eigenvalue weighted by Crippen LogP contribution is 2.35. The molecule has 4 aliphatic rings. The van der Waals surface area contributed by atoms with Gasteiger partial charge in [0.15, 0.2) is 11.6 Å². The summed E-state index contributed by atoms with van der Waals surface area (Å²) in [7, 11) is 3.26. The van der Waals surface area contributed by atoms with E-state index in [1.54, 1.807) is 32.8 Å². The number of halogens is 2. The summed E-state index contributed by atoms with van der Waals surface area (Å²) >= 11 is 1.46. The van der Waals surface area contributed by atoms with E-state index in [2.05, 4.69) is 32.0 Å². The van der Waals surface area contributed by atoms with Gasteiger partial charge in [0.05, 0.1) is 53.4 Å². The molecule has 0 saturated carbocycles. The van der Waals surface area contributed by atoms with Crippen LogP contribution in [0.3, 0.4) is 0 Å². The number of nitrogen functional groups attached to an aromatic ring is 1. The van der Waals surface area contributed by atoms with E-state index in [9.17, 15) is 42.8 Å². The molecule has 23 heteroatoms. The maximum absolute atomic E-state index is 14.5. The van der Waals surface area contributed by atoms with Crippen molar-refractivity contribution >= 4 is 57.9 Å². The molecule has 8 rings (SSSR count). The van der Waals surface area contributed by atoms with Crippen molar-refractivity contribution in [2.75, 3.05) is 51.8 Å². The number of unbranched alkanes of at least 4 members (excludes halogenated alkanes) is 5. The molecule has 420 valence electrons. The van der Waals surface area contributed by atoms with E-state index >= 15 is 0 Å². The molecule has 0 spiro atoms. The van der Waals surface area contributed by atoms with Gasteiger partial charge in [0.2, 0.25) is 23.6 Å². The molecule has 2 aromatic heterocycles. The number of ether oxygens (including phenoxy) is 1. The molecule has 1 unspecified atom stereocenters. The number of thioether (sulfide) groups is 1. The zero-order valence-corrected chi connectivity index (χ0v) is 46.0. The second-order valence-electron chi connectivity index (χ2n) is 20.6. The fourth-order valence-electron chi connectivity index (χ4n) is 10.6. The van der Waals surface area contributed by atoms with Crippen LogP contribution in [0, 0.1) is 28.9 Å². The van der Waals surface area contributed by atoms with Crippen molar-refractivity contribution in [3.63, 3.8) is 0 Å². The fourth-order valence-corrected chi connectivity index (χ4v) is 11.8. The number of nitrogens with two attached hydrogens (primary N) is 1. The zero-order chi connectivity index (χ0) is 56.3. The Morgan fingerprint density at radius 2 is 1.67 bits per heavy atom. The van der Waals surface area contributed by atoms with E-state index in [1.807, 2.05) is 4.90 Å². The highest BCUT2D eigenvalue weighted by molar-refractivity contribution is 8.14. The fraction of sp³-hybridized carbons (Fsp3) is 0.518. The normalized spacial score (nSPS) is 19.2. The minimum atomic E-state index is -0.830. The lowest BCUT2D eigenvalue weighted by Crippen LogP contribution is -2.58. The van der Waals surface area contributed by atoms with Gasteiger partial charge in [0, 0.05) is 68.5 Å². The summed E-state index contributed by atoms with van der Waals surface area (Å²) in [5.41, 5.74) is 8.11. The SMILES string of the molecule is CN[C@@H](C)C(=O)N[C@H](C(=O)N1CCC[C@H]1C1=NC(C(=O)c2ccc(F)cc2)CS1)C1CCN(C(=O)CCCCCCCCC(=O)NCCn2nc3c(c2C#N)-c2cnc(N)c(n2)O[C@H](C)c2cc(F)ccc2C(=O)N(C)C3)CC1. The van der Waals surface area contributed by atoms with Crippen molar-refractivity contribution in [3.05, 3.63) is 88.4 Å². The topological polar surface area (TPSA) is 263 Å². The summed E-state index contributed by atoms with van der Waals surface area (Å²) in [5, 5.41) is 24.7. The number of ketones is 1. The first kappa shape index (κ1) is 57.8. The molecule has 5 amide bonds. The number of amides is 5. The van der Waals surface area contributed by atoms with Gasteiger partial charge in [-0.15, -0.1) is 11.8 Å². The number of aliphatic imine (C=N–C) groups is 1. The number of aromatic nitrogens is 4. The van der Waals surface area contributed by atoms with Gasteiger partial charge in [0.1, 0.15) is 41.6 Å². The zero-order valence-electron chi connectivity index (χ0n) is 45.1. The monoisotopic (exact) mass is 1110 g/mol. The molecule has 79 heavy (non-hydrogen) atoms. The number of nitrogens with zero attached hydrogens (tertiary/aromatic N) is 9. The summed E-state index contributed by atoms with van der Waals surface area (Å²) < 4.78 is 35.4. The molecule has 0 radical (unpaired) electrons. The van der Waals surface area contributed by atoms with E-state index in [0.29, 0.717) is 86.3 Å². The Kier molecular flexibility index (Phi) is 19.4. The van der Waals surface area contributed by atoms with Crippen molar-refractivity contribution in [3.8, 4) is 23.2 Å². The number of Topliss-reactive ketones (excluding diaryl/α,β-unsaturated/α-hetero) is 1. The number of carbonyl (C=O) groups excluding carboxylic acids is 6. The van der Waals surface area contributed by atoms with Crippen LogP contribution in [-0.2, 0) is 32.3 Å². The number of likely N-dealkylation sites (N-methyl/N-ethyl adjacent to an activating group) is 1. The van der Waals surface area contributed by atoms with Crippen molar-refractivity contribution in [2.24, 2.45) is 10.9 Å². The molecule has 5 N–H and O–H groups in total. The quantitative estimate of drug-likeness (QED) is 0.0607. The standard InChI is InChI=1S/C56H69F2N13O7S/c1-33(61-3)52(75)66-49(56(77)70-24-11-12-44(70)54-65-43(32-79-54)50(74)36-15-17-37(57)18-16-36)35-21-25-69(26-22-35)47(73)14-10-8-6-5-7-9-13-46(72)62-23-27-71-45(29-59)48-41-30-63-51(60)53(64-41)78-34(2)40-28-38(58)19-20-39(40)55(76)68(4)31-42(48)67-71/h15-20,28,30,33-35,43-44,49,61H,5-14,21-27,31-32H2,1-4H3,(H2,60,63)(H,62,72)(H,66,75)/t33-,34+,43?,44-,49-/m0/s1. The number of nitriles is 1. The lowest BCUT2D eigenvalue weighted by Gasteiger charge is -2.38. The molecule has 6 heterocycles. The van der Waals surface area contributed by atoms with Gasteiger partial charge in [-0.2, -0.15) is 10.4 Å². The lowest BCUT2D eigenvalue weighted by molar-refractivity contribution is -0.139. The molecular formula is C56H69F2N13O7S. The van der Waals surface area contributed by atoms with E-state index in [-0.39, 0.29) is 89.7 Å². The van der Waals surface area contributed by atoms with Crippen molar-refractivity contribution in [1.82, 2.24) is 50.4 Å². The summed E-state index contributed by atoms with van der Waals surface area (Å²) in [6.07, 6.45) is 8.77. The molecular weight excluding hydrogens is 1040 g/mol. The highest BCUT2D eigenvalue weighted by Gasteiger charge is 2.43. The lowest BCUT2D eigenvalue weighted by atomic mass is 9.87. The largest absolute Gasteiger partial charge is 0.467 e. The Hall–Kier alpha value is -7.32. The Balaban J connectivity index is 0.758. The summed E-state index contributed by atoms with van der Waals surface area (Å²) in [6, 6.07) is 9.20. The number of nitrogens with one attached hydrogen (secondary N) is 3. The van der Waals surface area contributed by atoms with Crippen LogP contribution in [0.25, 0.3) is 11.3 Å². The first-order valence-electron chi connectivity index (χ1n) is 27.2. The molecule has 4 aliphatic heterocycles. The number of fused-ring (bicyclic) bond motifs is 5. The van der Waals surface area contributed by atoms with E-state index < -0.39 is 41.8 Å². The molecule has 20 nitrogen and oxygen atoms in total. The van der Waals surface area contributed by atoms with Gasteiger partial charge in [-0.3, -0.25) is 38.4 Å². The number of hydrogen-bond donors (Lipinski definition) is 4. The second-order valence-corrected chi connectivity index (χ2v) is 21.7. The maximum Gasteiger partial charge on any atom is 0.258 e. The first-order chi connectivity index (χ1) is 38.0. The Morgan fingerprint density at radius 3 is 2.39 bits per heavy atom. The van der Waals surface area contributed by atoms with Crippen LogP contribution in [0.2, 0.25) is 0 Å². The van der Waals surface area contributed by atoms with Gasteiger partial charge < -0.3 is 41.1 Å². The average Bonchev–Trinajstić information content (AvgIpc) is 4.27. The number of benzene rings is 2. The number of likely N-dealkylation sites (tertiary alicyclic amines) is 2. The van der Waals surface area contributed by atoms with E-state index in [0.717, 1.165) is 43.6 Å². The van der Waals surface area contributed by atoms with Crippen LogP contribution >= 0.6 is 11.8 Å². The van der Waals surface area contributed by atoms with Gasteiger partial charge in [-0.25, -0.2) is 18.7 Å². The van der Waals surface area contributed by atoms with Gasteiger partial charge in [-0.05, 0) is 108 Å². The van der Waals surface area contributed by atoms with Crippen molar-refractivity contribution in [2.45, 2.75) is 134 Å². The van der Waals surface area contributed by atoms with E-state index in [1.165, 1.54) is 70.0 Å². The number of anilines is 1. The third-order valence-electron chi connectivity index (χ3n) is 15.2. The third-order valence-corrected chi connectivity index (χ3v) is 16.4. The summed E-state index contributed by atoms with van der Waals surface area (Å²) in [4.78, 5) is 99.7. The van der Waals surface area contributed by atoms with Crippen LogP contribution < -0.4 is 26.4 Å². The number of carbonyl (C=O) groups is 6. The van der Waals surface area contributed by atoms with Crippen LogP contribution in [0.15, 0.2) is 53.7 Å². The van der Waals surface area contributed by atoms with E-state index in [4.69, 9.17) is 20.6 Å². The molecule has 0 aliphatic carbocycles. The van der Waals surface area contributed by atoms with Crippen LogP contribution in [-0.4, -0.2) is 145 Å². The molecule has 2 saturated heterocycles. The van der Waals surface area contributed by atoms with Crippen LogP contribution in [0.5, 0.6) is 5.88 Å². The summed E-state index contributed by atoms with van der Waals surface area (Å²) in [6.45, 7) is 5.15. The summed E-state index contributed by atoms with van der Waals surface area (Å²) in [5.74, 6) is -1.95. The second kappa shape index (κ2) is 26.6. The minimum Gasteiger partial charge on any atom is -0.467 e. The molecule has 5 atom stereocenters. The predicted octanol–water partition coefficient (Wildman–Crippen LogP) is 5.75. The first-order valence-corrected chi connectivity index (χ1v) is 28.2. The molecule has 2 aromatic carbocycles. The smallest absolute Gasteiger partial charge is 0.258 e. The van der Waals surface area contributed by atoms with Gasteiger partial charge in [-0.1, -0.05) is 25.7 Å². The highest BCUT2D eigenvalue weighted by atomic mass is 32.2. The molecule has 2 bridgehead atoms. The molecule has 4 aromatic rings. The van der Waals surface area contributed by atoms with Crippen molar-refractivity contribution in [1.29, 1.82) is 5.26 Å². The maximum atomic E-state index is 14.5. The number of rotatable bonds is 20. The van der Waals surface area contributed by atoms with Crippen molar-refractivity contribution < 1.29 is 42.3 Å². The van der Waals surface area contributed by atoms with Crippen LogP contribution in [0.1, 0.15) is 135 Å². The minimum absolute atomic E-state index is 0.0219. The van der Waals surface area contributed by atoms with Gasteiger partial charge in [0.25, 0.3) is 11.8 Å². The Labute approximate surface area is 462 Å².